The zero-order valence-electron chi connectivity index (χ0n) is 11.5. The molecule has 2 rings (SSSR count). The molecule has 0 saturated carbocycles. The van der Waals surface area contributed by atoms with E-state index in [0.717, 1.165) is 29.8 Å². The fraction of sp³-hybridized carbons (Fsp3) is 0.467. The molecule has 0 saturated heterocycles. The standard InChI is InChI=1S/C15H19N3/c1-5-15(3,4)14-17-12-9-11(10-16)7-8-13(12)18(14)6-2/h7-9H,5-6H2,1-4H3. The molecule has 0 fully saturated rings. The molecule has 0 amide bonds. The van der Waals surface area contributed by atoms with E-state index in [0.29, 0.717) is 5.56 Å². The molecule has 1 aromatic heterocycles. The van der Waals surface area contributed by atoms with Crippen molar-refractivity contribution in [3.8, 4) is 6.07 Å². The monoisotopic (exact) mass is 241 g/mol. The van der Waals surface area contributed by atoms with Crippen LogP contribution in [0.15, 0.2) is 18.2 Å². The Bertz CT molecular complexity index is 614. The molecule has 0 spiro atoms. The number of benzene rings is 1. The predicted octanol–water partition coefficient (Wildman–Crippen LogP) is 3.62. The van der Waals surface area contributed by atoms with E-state index < -0.39 is 0 Å². The summed E-state index contributed by atoms with van der Waals surface area (Å²) in [5.41, 5.74) is 2.77. The van der Waals surface area contributed by atoms with Crippen molar-refractivity contribution in [2.24, 2.45) is 0 Å². The van der Waals surface area contributed by atoms with Gasteiger partial charge in [0.2, 0.25) is 0 Å². The maximum absolute atomic E-state index is 8.95. The van der Waals surface area contributed by atoms with Crippen molar-refractivity contribution in [1.82, 2.24) is 9.55 Å². The number of hydrogen-bond donors (Lipinski definition) is 0. The summed E-state index contributed by atoms with van der Waals surface area (Å²) in [6.45, 7) is 9.65. The van der Waals surface area contributed by atoms with Crippen LogP contribution in [0.4, 0.5) is 0 Å². The Hall–Kier alpha value is -1.82. The lowest BCUT2D eigenvalue weighted by Gasteiger charge is -2.23. The molecule has 3 heteroatoms. The molecular formula is C15H19N3. The molecule has 0 unspecified atom stereocenters. The highest BCUT2D eigenvalue weighted by Gasteiger charge is 2.25. The largest absolute Gasteiger partial charge is 0.328 e. The number of aryl methyl sites for hydroxylation is 1. The lowest BCUT2D eigenvalue weighted by molar-refractivity contribution is 0.451. The van der Waals surface area contributed by atoms with Gasteiger partial charge < -0.3 is 4.57 Å². The minimum Gasteiger partial charge on any atom is -0.328 e. The Balaban J connectivity index is 2.72. The van der Waals surface area contributed by atoms with E-state index >= 15 is 0 Å². The van der Waals surface area contributed by atoms with Gasteiger partial charge in [-0.3, -0.25) is 0 Å². The molecule has 1 aromatic carbocycles. The van der Waals surface area contributed by atoms with Gasteiger partial charge in [0.05, 0.1) is 22.7 Å². The molecule has 2 aromatic rings. The number of nitriles is 1. The Morgan fingerprint density at radius 2 is 2.06 bits per heavy atom. The summed E-state index contributed by atoms with van der Waals surface area (Å²) in [4.78, 5) is 4.75. The quantitative estimate of drug-likeness (QED) is 0.823. The third-order valence-electron chi connectivity index (χ3n) is 3.68. The van der Waals surface area contributed by atoms with E-state index in [2.05, 4.69) is 38.3 Å². The number of hydrogen-bond acceptors (Lipinski definition) is 2. The van der Waals surface area contributed by atoms with Crippen molar-refractivity contribution in [1.29, 1.82) is 5.26 Å². The van der Waals surface area contributed by atoms with Crippen LogP contribution in [0.3, 0.4) is 0 Å². The van der Waals surface area contributed by atoms with Gasteiger partial charge in [-0.1, -0.05) is 20.8 Å². The van der Waals surface area contributed by atoms with Crippen molar-refractivity contribution in [3.05, 3.63) is 29.6 Å². The van der Waals surface area contributed by atoms with E-state index in [9.17, 15) is 0 Å². The van der Waals surface area contributed by atoms with Gasteiger partial charge >= 0.3 is 0 Å². The Kier molecular flexibility index (Phi) is 3.13. The topological polar surface area (TPSA) is 41.6 Å². The van der Waals surface area contributed by atoms with Gasteiger partial charge in [-0.05, 0) is 31.5 Å². The molecular weight excluding hydrogens is 222 g/mol. The second-order valence-electron chi connectivity index (χ2n) is 5.23. The van der Waals surface area contributed by atoms with Gasteiger partial charge in [0, 0.05) is 12.0 Å². The fourth-order valence-electron chi connectivity index (χ4n) is 2.19. The molecule has 0 aliphatic rings. The van der Waals surface area contributed by atoms with E-state index in [1.165, 1.54) is 0 Å². The van der Waals surface area contributed by atoms with Crippen molar-refractivity contribution in [3.63, 3.8) is 0 Å². The minimum atomic E-state index is 0.0574. The fourth-order valence-corrected chi connectivity index (χ4v) is 2.19. The number of rotatable bonds is 3. The van der Waals surface area contributed by atoms with E-state index in [-0.39, 0.29) is 5.41 Å². The van der Waals surface area contributed by atoms with E-state index in [1.807, 2.05) is 18.2 Å². The summed E-state index contributed by atoms with van der Waals surface area (Å²) < 4.78 is 2.25. The summed E-state index contributed by atoms with van der Waals surface area (Å²) >= 11 is 0. The molecule has 0 N–H and O–H groups in total. The SMILES string of the molecule is CCn1c(C(C)(C)CC)nc2cc(C#N)ccc21. The van der Waals surface area contributed by atoms with Crippen LogP contribution in [-0.2, 0) is 12.0 Å². The van der Waals surface area contributed by atoms with Gasteiger partial charge in [-0.2, -0.15) is 5.26 Å². The molecule has 0 atom stereocenters. The number of fused-ring (bicyclic) bond motifs is 1. The Labute approximate surface area is 108 Å². The third-order valence-corrected chi connectivity index (χ3v) is 3.68. The van der Waals surface area contributed by atoms with Gasteiger partial charge in [0.25, 0.3) is 0 Å². The second kappa shape index (κ2) is 4.45. The zero-order valence-corrected chi connectivity index (χ0v) is 11.5. The molecule has 1 heterocycles. The van der Waals surface area contributed by atoms with Crippen LogP contribution in [0.5, 0.6) is 0 Å². The van der Waals surface area contributed by atoms with Crippen molar-refractivity contribution >= 4 is 11.0 Å². The summed E-state index contributed by atoms with van der Waals surface area (Å²) in [5.74, 6) is 1.11. The number of nitrogens with zero attached hydrogens (tertiary/aromatic N) is 3. The average molecular weight is 241 g/mol. The smallest absolute Gasteiger partial charge is 0.115 e. The van der Waals surface area contributed by atoms with Crippen LogP contribution in [0.25, 0.3) is 11.0 Å². The second-order valence-corrected chi connectivity index (χ2v) is 5.23. The van der Waals surface area contributed by atoms with Gasteiger partial charge in [-0.15, -0.1) is 0 Å². The van der Waals surface area contributed by atoms with Crippen LogP contribution in [0.1, 0.15) is 45.5 Å². The van der Waals surface area contributed by atoms with Crippen LogP contribution in [0.2, 0.25) is 0 Å². The first kappa shape index (κ1) is 12.6. The van der Waals surface area contributed by atoms with Crippen LogP contribution in [0, 0.1) is 11.3 Å². The van der Waals surface area contributed by atoms with Gasteiger partial charge in [0.1, 0.15) is 5.82 Å². The summed E-state index contributed by atoms with van der Waals surface area (Å²) in [5, 5.41) is 8.95. The highest BCUT2D eigenvalue weighted by Crippen LogP contribution is 2.29. The van der Waals surface area contributed by atoms with Crippen molar-refractivity contribution in [2.75, 3.05) is 0 Å². The molecule has 0 aliphatic heterocycles. The van der Waals surface area contributed by atoms with E-state index in [4.69, 9.17) is 10.2 Å². The molecule has 18 heavy (non-hydrogen) atoms. The first-order chi connectivity index (χ1) is 8.53. The maximum Gasteiger partial charge on any atom is 0.115 e. The van der Waals surface area contributed by atoms with Gasteiger partial charge in [0.15, 0.2) is 0 Å². The molecule has 94 valence electrons. The van der Waals surface area contributed by atoms with Crippen LogP contribution in [-0.4, -0.2) is 9.55 Å². The molecule has 0 bridgehead atoms. The predicted molar refractivity (Wildman–Crippen MR) is 73.4 cm³/mol. The first-order valence-corrected chi connectivity index (χ1v) is 6.44. The van der Waals surface area contributed by atoms with Crippen molar-refractivity contribution < 1.29 is 0 Å². The van der Waals surface area contributed by atoms with Crippen LogP contribution < -0.4 is 0 Å². The molecule has 0 radical (unpaired) electrons. The third kappa shape index (κ3) is 1.88. The zero-order chi connectivity index (χ0) is 13.3. The number of aromatic nitrogens is 2. The first-order valence-electron chi connectivity index (χ1n) is 6.44. The average Bonchev–Trinajstić information content (AvgIpc) is 2.76. The summed E-state index contributed by atoms with van der Waals surface area (Å²) in [7, 11) is 0. The van der Waals surface area contributed by atoms with Gasteiger partial charge in [-0.25, -0.2) is 4.98 Å². The molecule has 0 aliphatic carbocycles. The lowest BCUT2D eigenvalue weighted by Crippen LogP contribution is -2.21. The lowest BCUT2D eigenvalue weighted by atomic mass is 9.89. The van der Waals surface area contributed by atoms with Crippen molar-refractivity contribution in [2.45, 2.75) is 46.1 Å². The highest BCUT2D eigenvalue weighted by atomic mass is 15.1. The summed E-state index contributed by atoms with van der Waals surface area (Å²) in [6, 6.07) is 7.90. The Morgan fingerprint density at radius 3 is 2.61 bits per heavy atom. The van der Waals surface area contributed by atoms with Crippen LogP contribution >= 0.6 is 0 Å². The number of imidazole rings is 1. The van der Waals surface area contributed by atoms with E-state index in [1.54, 1.807) is 0 Å². The highest BCUT2D eigenvalue weighted by molar-refractivity contribution is 5.78. The normalized spacial score (nSPS) is 11.7. The minimum absolute atomic E-state index is 0.0574. The molecule has 3 nitrogen and oxygen atoms in total. The Morgan fingerprint density at radius 1 is 1.33 bits per heavy atom. The summed E-state index contributed by atoms with van der Waals surface area (Å²) in [6.07, 6.45) is 1.04. The maximum atomic E-state index is 8.95.